The molecule has 2 rings (SSSR count). The third-order valence-corrected chi connectivity index (χ3v) is 4.06. The van der Waals surface area contributed by atoms with Crippen LogP contribution in [-0.2, 0) is 11.2 Å². The van der Waals surface area contributed by atoms with Crippen molar-refractivity contribution in [3.63, 3.8) is 0 Å². The number of hydrogen-bond acceptors (Lipinski definition) is 2. The standard InChI is InChI=1S/C13H14BrClFNO3/c1-7-5-17(13(18)19)6-9(20-7)4-10-11(14)2-8(15)3-12(10)16/h2-3,7,9H,4-6H2,1H3,(H,18,19)/t7-,9?/m0/s1. The summed E-state index contributed by atoms with van der Waals surface area (Å²) in [6.45, 7) is 2.36. The number of carbonyl (C=O) groups is 1. The van der Waals surface area contributed by atoms with Gasteiger partial charge in [-0.05, 0) is 19.1 Å². The zero-order chi connectivity index (χ0) is 14.9. The summed E-state index contributed by atoms with van der Waals surface area (Å²) in [5.41, 5.74) is 0.443. The minimum Gasteiger partial charge on any atom is -0.465 e. The molecule has 0 spiro atoms. The number of morpholine rings is 1. The molecule has 1 saturated heterocycles. The summed E-state index contributed by atoms with van der Waals surface area (Å²) in [7, 11) is 0. The number of carboxylic acid groups (broad SMARTS) is 1. The van der Waals surface area contributed by atoms with Gasteiger partial charge in [0.25, 0.3) is 0 Å². The first kappa shape index (κ1) is 15.5. The fraction of sp³-hybridized carbons (Fsp3) is 0.462. The van der Waals surface area contributed by atoms with Crippen molar-refractivity contribution in [2.24, 2.45) is 0 Å². The van der Waals surface area contributed by atoms with E-state index in [0.29, 0.717) is 21.6 Å². The monoisotopic (exact) mass is 365 g/mol. The molecule has 4 nitrogen and oxygen atoms in total. The summed E-state index contributed by atoms with van der Waals surface area (Å²) in [5, 5.41) is 9.36. The van der Waals surface area contributed by atoms with Crippen molar-refractivity contribution in [2.45, 2.75) is 25.6 Å². The van der Waals surface area contributed by atoms with Crippen LogP contribution in [0, 0.1) is 5.82 Å². The second kappa shape index (κ2) is 6.28. The van der Waals surface area contributed by atoms with Gasteiger partial charge in [-0.15, -0.1) is 0 Å². The Hall–Kier alpha value is -0.850. The first-order chi connectivity index (χ1) is 9.36. The quantitative estimate of drug-likeness (QED) is 0.871. The summed E-state index contributed by atoms with van der Waals surface area (Å²) in [4.78, 5) is 12.3. The maximum atomic E-state index is 13.9. The van der Waals surface area contributed by atoms with Crippen LogP contribution in [0.1, 0.15) is 12.5 Å². The largest absolute Gasteiger partial charge is 0.465 e. The van der Waals surface area contributed by atoms with E-state index in [-0.39, 0.29) is 25.2 Å². The molecule has 0 radical (unpaired) electrons. The normalized spacial score (nSPS) is 22.9. The van der Waals surface area contributed by atoms with E-state index in [0.717, 1.165) is 0 Å². The second-order valence-electron chi connectivity index (χ2n) is 4.81. The molecule has 1 aliphatic rings. The van der Waals surface area contributed by atoms with Gasteiger partial charge in [0.05, 0.1) is 25.3 Å². The van der Waals surface area contributed by atoms with Crippen molar-refractivity contribution in [3.05, 3.63) is 33.0 Å². The molecule has 1 aliphatic heterocycles. The van der Waals surface area contributed by atoms with Gasteiger partial charge in [0.2, 0.25) is 0 Å². The maximum absolute atomic E-state index is 13.9. The second-order valence-corrected chi connectivity index (χ2v) is 6.10. The maximum Gasteiger partial charge on any atom is 0.407 e. The number of ether oxygens (including phenoxy) is 1. The molecule has 1 aromatic carbocycles. The molecule has 0 saturated carbocycles. The molecule has 1 aromatic rings. The van der Waals surface area contributed by atoms with Gasteiger partial charge in [-0.1, -0.05) is 27.5 Å². The molecule has 1 N–H and O–H groups in total. The van der Waals surface area contributed by atoms with Crippen molar-refractivity contribution in [1.82, 2.24) is 4.90 Å². The van der Waals surface area contributed by atoms with Gasteiger partial charge < -0.3 is 14.7 Å². The zero-order valence-electron chi connectivity index (χ0n) is 10.8. The molecule has 0 aromatic heterocycles. The van der Waals surface area contributed by atoms with Gasteiger partial charge in [0, 0.05) is 21.5 Å². The predicted molar refractivity (Wildman–Crippen MR) is 76.7 cm³/mol. The lowest BCUT2D eigenvalue weighted by Crippen LogP contribution is -2.49. The van der Waals surface area contributed by atoms with Crippen LogP contribution in [0.15, 0.2) is 16.6 Å². The third-order valence-electron chi connectivity index (χ3n) is 3.13. The highest BCUT2D eigenvalue weighted by Crippen LogP contribution is 2.27. The van der Waals surface area contributed by atoms with E-state index in [9.17, 15) is 9.18 Å². The van der Waals surface area contributed by atoms with E-state index in [1.54, 1.807) is 13.0 Å². The summed E-state index contributed by atoms with van der Waals surface area (Å²) in [6.07, 6.45) is -1.28. The van der Waals surface area contributed by atoms with Crippen LogP contribution in [0.4, 0.5) is 9.18 Å². The molecular formula is C13H14BrClFNO3. The molecular weight excluding hydrogens is 353 g/mol. The van der Waals surface area contributed by atoms with E-state index in [1.165, 1.54) is 11.0 Å². The molecule has 0 bridgehead atoms. The Kier molecular flexibility index (Phi) is 4.88. The van der Waals surface area contributed by atoms with E-state index >= 15 is 0 Å². The Morgan fingerprint density at radius 2 is 2.30 bits per heavy atom. The fourth-order valence-electron chi connectivity index (χ4n) is 2.31. The molecule has 1 unspecified atom stereocenters. The van der Waals surface area contributed by atoms with Crippen molar-refractivity contribution < 1.29 is 19.0 Å². The fourth-order valence-corrected chi connectivity index (χ4v) is 3.24. The lowest BCUT2D eigenvalue weighted by molar-refractivity contribution is -0.0685. The lowest BCUT2D eigenvalue weighted by Gasteiger charge is -2.35. The zero-order valence-corrected chi connectivity index (χ0v) is 13.1. The van der Waals surface area contributed by atoms with E-state index in [2.05, 4.69) is 15.9 Å². The SMILES string of the molecule is C[C@H]1CN(C(=O)O)CC(Cc2c(F)cc(Cl)cc2Br)O1. The van der Waals surface area contributed by atoms with Gasteiger partial charge in [-0.3, -0.25) is 0 Å². The van der Waals surface area contributed by atoms with Crippen molar-refractivity contribution in [3.8, 4) is 0 Å². The Labute approximate surface area is 129 Å². The van der Waals surface area contributed by atoms with Crippen LogP contribution >= 0.6 is 27.5 Å². The Morgan fingerprint density at radius 3 is 2.90 bits per heavy atom. The number of halogens is 3. The van der Waals surface area contributed by atoms with Gasteiger partial charge in [-0.25, -0.2) is 9.18 Å². The number of nitrogens with zero attached hydrogens (tertiary/aromatic N) is 1. The molecule has 0 aliphatic carbocycles. The highest BCUT2D eigenvalue weighted by molar-refractivity contribution is 9.10. The Morgan fingerprint density at radius 1 is 1.60 bits per heavy atom. The summed E-state index contributed by atoms with van der Waals surface area (Å²) in [5.74, 6) is -0.423. The number of benzene rings is 1. The van der Waals surface area contributed by atoms with Crippen LogP contribution < -0.4 is 0 Å². The number of hydrogen-bond donors (Lipinski definition) is 1. The average Bonchev–Trinajstić information content (AvgIpc) is 2.33. The van der Waals surface area contributed by atoms with Crippen LogP contribution in [-0.4, -0.2) is 41.4 Å². The lowest BCUT2D eigenvalue weighted by atomic mass is 10.1. The summed E-state index contributed by atoms with van der Waals surface area (Å²) < 4.78 is 20.2. The Balaban J connectivity index is 2.15. The van der Waals surface area contributed by atoms with E-state index in [4.69, 9.17) is 21.4 Å². The van der Waals surface area contributed by atoms with Crippen LogP contribution in [0.5, 0.6) is 0 Å². The smallest absolute Gasteiger partial charge is 0.407 e. The average molecular weight is 367 g/mol. The van der Waals surface area contributed by atoms with Gasteiger partial charge in [0.15, 0.2) is 0 Å². The minimum atomic E-state index is -0.985. The predicted octanol–water partition coefficient (Wildman–Crippen LogP) is 3.55. The molecule has 7 heteroatoms. The Bertz CT molecular complexity index is 505. The molecule has 1 fully saturated rings. The van der Waals surface area contributed by atoms with Gasteiger partial charge in [-0.2, -0.15) is 0 Å². The van der Waals surface area contributed by atoms with Crippen LogP contribution in [0.2, 0.25) is 5.02 Å². The highest BCUT2D eigenvalue weighted by atomic mass is 79.9. The topological polar surface area (TPSA) is 49.8 Å². The minimum absolute atomic E-state index is 0.209. The third kappa shape index (κ3) is 3.62. The van der Waals surface area contributed by atoms with Gasteiger partial charge >= 0.3 is 6.09 Å². The van der Waals surface area contributed by atoms with Crippen molar-refractivity contribution in [1.29, 1.82) is 0 Å². The molecule has 1 amide bonds. The first-order valence-corrected chi connectivity index (χ1v) is 7.30. The first-order valence-electron chi connectivity index (χ1n) is 6.13. The number of amides is 1. The summed E-state index contributed by atoms with van der Waals surface area (Å²) in [6, 6.07) is 2.85. The summed E-state index contributed by atoms with van der Waals surface area (Å²) >= 11 is 9.04. The van der Waals surface area contributed by atoms with Crippen molar-refractivity contribution in [2.75, 3.05) is 13.1 Å². The van der Waals surface area contributed by atoms with E-state index in [1.807, 2.05) is 0 Å². The molecule has 20 heavy (non-hydrogen) atoms. The molecule has 1 heterocycles. The van der Waals surface area contributed by atoms with Gasteiger partial charge in [0.1, 0.15) is 5.82 Å². The van der Waals surface area contributed by atoms with Crippen LogP contribution in [0.25, 0.3) is 0 Å². The van der Waals surface area contributed by atoms with E-state index < -0.39 is 11.9 Å². The molecule has 2 atom stereocenters. The van der Waals surface area contributed by atoms with Crippen molar-refractivity contribution >= 4 is 33.6 Å². The molecule has 110 valence electrons. The number of rotatable bonds is 2. The highest BCUT2D eigenvalue weighted by Gasteiger charge is 2.29. The van der Waals surface area contributed by atoms with Crippen LogP contribution in [0.3, 0.4) is 0 Å².